The Morgan fingerprint density at radius 2 is 2.00 bits per heavy atom. The summed E-state index contributed by atoms with van der Waals surface area (Å²) in [5.74, 6) is 0. The zero-order chi connectivity index (χ0) is 9.07. The minimum Gasteiger partial charge on any atom is -0.450 e. The predicted octanol–water partition coefficient (Wildman–Crippen LogP) is 1.93. The fraction of sp³-hybridized carbons (Fsp3) is 0.750. The Balaban J connectivity index is 3.89. The minimum absolute atomic E-state index is 1.92. The van der Waals surface area contributed by atoms with Crippen LogP contribution in [-0.2, 0) is 4.74 Å². The molecule has 11 heavy (non-hydrogen) atoms. The Kier molecular flexibility index (Phi) is 3.09. The van der Waals surface area contributed by atoms with Crippen molar-refractivity contribution in [1.29, 1.82) is 0 Å². The van der Waals surface area contributed by atoms with Crippen molar-refractivity contribution in [1.82, 2.24) is 0 Å². The third-order valence-corrected chi connectivity index (χ3v) is 0.629. The van der Waals surface area contributed by atoms with Crippen LogP contribution >= 0.6 is 0 Å². The van der Waals surface area contributed by atoms with Gasteiger partial charge in [0.05, 0.1) is 0 Å². The Bertz CT molecular complexity index is 146. The highest BCUT2D eigenvalue weighted by Gasteiger charge is 2.37. The van der Waals surface area contributed by atoms with E-state index >= 15 is 0 Å². The molecule has 0 heterocycles. The van der Waals surface area contributed by atoms with Crippen LogP contribution in [0.4, 0.5) is 22.4 Å². The first-order valence-corrected chi connectivity index (χ1v) is 2.41. The number of carbonyl (C=O) groups is 1. The maximum Gasteiger partial charge on any atom is 0.510 e. The molecule has 0 bridgehead atoms. The summed E-state index contributed by atoms with van der Waals surface area (Å²) in [6.07, 6.45) is -11.8. The topological polar surface area (TPSA) is 46.5 Å². The van der Waals surface area contributed by atoms with Crippen molar-refractivity contribution in [3.63, 3.8) is 0 Å². The van der Waals surface area contributed by atoms with Crippen LogP contribution in [0.3, 0.4) is 0 Å². The second-order valence-electron chi connectivity index (χ2n) is 1.60. The van der Waals surface area contributed by atoms with Crippen molar-refractivity contribution >= 4 is 6.16 Å². The van der Waals surface area contributed by atoms with E-state index in [-0.39, 0.29) is 0 Å². The maximum atomic E-state index is 11.8. The fourth-order valence-electron chi connectivity index (χ4n) is 0.349. The summed E-state index contributed by atoms with van der Waals surface area (Å²) < 4.78 is 49.0. The van der Waals surface area contributed by atoms with Gasteiger partial charge in [-0.3, -0.25) is 0 Å². The van der Waals surface area contributed by atoms with E-state index in [2.05, 4.69) is 4.74 Å². The second-order valence-corrected chi connectivity index (χ2v) is 1.60. The molecule has 0 saturated heterocycles. The van der Waals surface area contributed by atoms with E-state index in [9.17, 15) is 22.4 Å². The molecule has 0 aliphatic heterocycles. The molecule has 0 aliphatic rings. The first-order chi connectivity index (χ1) is 4.83. The van der Waals surface area contributed by atoms with E-state index in [4.69, 9.17) is 5.11 Å². The van der Waals surface area contributed by atoms with Crippen LogP contribution < -0.4 is 0 Å². The van der Waals surface area contributed by atoms with Gasteiger partial charge in [0.25, 0.3) is 0 Å². The van der Waals surface area contributed by atoms with Crippen molar-refractivity contribution < 1.29 is 32.2 Å². The quantitative estimate of drug-likeness (QED) is 0.527. The van der Waals surface area contributed by atoms with Crippen molar-refractivity contribution in [3.8, 4) is 0 Å². The lowest BCUT2D eigenvalue weighted by atomic mass is 10.4. The van der Waals surface area contributed by atoms with Gasteiger partial charge in [0.15, 0.2) is 0 Å². The molecule has 1 N–H and O–H groups in total. The second kappa shape index (κ2) is 3.40. The van der Waals surface area contributed by atoms with E-state index in [1.807, 2.05) is 0 Å². The van der Waals surface area contributed by atoms with Crippen LogP contribution in [0.1, 0.15) is 6.42 Å². The highest BCUT2D eigenvalue weighted by Crippen LogP contribution is 2.23. The van der Waals surface area contributed by atoms with E-state index in [0.717, 1.165) is 0 Å². The monoisotopic (exact) mass is 176 g/mol. The van der Waals surface area contributed by atoms with Crippen molar-refractivity contribution in [3.05, 3.63) is 0 Å². The molecule has 0 unspecified atom stereocenters. The Morgan fingerprint density at radius 3 is 2.27 bits per heavy atom. The lowest BCUT2D eigenvalue weighted by Gasteiger charge is -2.12. The first-order valence-electron chi connectivity index (χ1n) is 2.41. The molecule has 0 atom stereocenters. The van der Waals surface area contributed by atoms with Crippen molar-refractivity contribution in [2.45, 2.75) is 19.0 Å². The summed E-state index contributed by atoms with van der Waals surface area (Å²) >= 11 is 0. The highest BCUT2D eigenvalue weighted by molar-refractivity contribution is 5.57. The van der Waals surface area contributed by atoms with Crippen molar-refractivity contribution in [2.75, 3.05) is 0 Å². The molecular weight excluding hydrogens is 172 g/mol. The van der Waals surface area contributed by atoms with Gasteiger partial charge in [-0.25, -0.2) is 13.6 Å². The molecule has 0 radical (unpaired) electrons. The fourth-order valence-corrected chi connectivity index (χ4v) is 0.349. The van der Waals surface area contributed by atoms with Gasteiger partial charge in [-0.15, -0.1) is 0 Å². The first kappa shape index (κ1) is 9.99. The van der Waals surface area contributed by atoms with Crippen LogP contribution in [0.2, 0.25) is 0 Å². The van der Waals surface area contributed by atoms with E-state index in [0.29, 0.717) is 0 Å². The average Bonchev–Trinajstić information content (AvgIpc) is 1.53. The van der Waals surface area contributed by atoms with Gasteiger partial charge in [-0.05, 0) is 0 Å². The summed E-state index contributed by atoms with van der Waals surface area (Å²) in [7, 11) is 0. The number of rotatable bonds is 3. The third-order valence-electron chi connectivity index (χ3n) is 0.629. The van der Waals surface area contributed by atoms with Crippen LogP contribution in [0.25, 0.3) is 0 Å². The van der Waals surface area contributed by atoms with Gasteiger partial charge in [-0.2, -0.15) is 8.78 Å². The van der Waals surface area contributed by atoms with E-state index in [1.165, 1.54) is 0 Å². The molecule has 0 fully saturated rings. The summed E-state index contributed by atoms with van der Waals surface area (Å²) in [6.45, 7) is 0. The molecule has 0 aromatic carbocycles. The van der Waals surface area contributed by atoms with Crippen molar-refractivity contribution in [2.24, 2.45) is 0 Å². The van der Waals surface area contributed by atoms with Gasteiger partial charge in [0.2, 0.25) is 6.43 Å². The number of alkyl halides is 4. The number of ether oxygens (including phenoxy) is 1. The molecule has 0 saturated carbocycles. The van der Waals surface area contributed by atoms with Gasteiger partial charge in [-0.1, -0.05) is 0 Å². The highest BCUT2D eigenvalue weighted by atomic mass is 19.3. The number of carboxylic acid groups (broad SMARTS) is 1. The molecular formula is C4H4F4O3. The van der Waals surface area contributed by atoms with Crippen LogP contribution in [0.5, 0.6) is 0 Å². The molecule has 66 valence electrons. The van der Waals surface area contributed by atoms with Gasteiger partial charge >= 0.3 is 12.3 Å². The summed E-state index contributed by atoms with van der Waals surface area (Å²) in [5.41, 5.74) is 0. The zero-order valence-electron chi connectivity index (χ0n) is 5.06. The molecule has 0 aliphatic carbocycles. The van der Waals surface area contributed by atoms with Crippen LogP contribution in [-0.4, -0.2) is 23.8 Å². The number of hydrogen-bond donors (Lipinski definition) is 1. The Morgan fingerprint density at radius 1 is 1.55 bits per heavy atom. The number of hydrogen-bond acceptors (Lipinski definition) is 2. The normalized spacial score (nSPS) is 11.7. The molecule has 0 spiro atoms. The standard InChI is InChI=1S/C4H4F4O3/c5-2(6)1-4(7,8)11-3(9)10/h2H,1H2,(H,9,10). The number of halogens is 4. The van der Waals surface area contributed by atoms with Crippen LogP contribution in [0.15, 0.2) is 0 Å². The minimum atomic E-state index is -4.31. The van der Waals surface area contributed by atoms with Gasteiger partial charge < -0.3 is 9.84 Å². The average molecular weight is 176 g/mol. The largest absolute Gasteiger partial charge is 0.510 e. The smallest absolute Gasteiger partial charge is 0.450 e. The molecule has 7 heteroatoms. The summed E-state index contributed by atoms with van der Waals surface area (Å²) in [4.78, 5) is 9.45. The van der Waals surface area contributed by atoms with E-state index < -0.39 is 25.1 Å². The van der Waals surface area contributed by atoms with Crippen LogP contribution in [0, 0.1) is 0 Å². The Labute approximate surface area is 58.6 Å². The molecule has 0 amide bonds. The predicted molar refractivity (Wildman–Crippen MR) is 24.7 cm³/mol. The van der Waals surface area contributed by atoms with E-state index in [1.54, 1.807) is 0 Å². The van der Waals surface area contributed by atoms with Gasteiger partial charge in [0, 0.05) is 0 Å². The molecule has 3 nitrogen and oxygen atoms in total. The van der Waals surface area contributed by atoms with Gasteiger partial charge in [0.1, 0.15) is 6.42 Å². The maximum absolute atomic E-state index is 11.8. The lowest BCUT2D eigenvalue weighted by molar-refractivity contribution is -0.226. The summed E-state index contributed by atoms with van der Waals surface area (Å²) in [5, 5.41) is 7.61. The zero-order valence-corrected chi connectivity index (χ0v) is 5.06. The molecule has 0 aromatic heterocycles. The molecule has 0 aromatic rings. The lowest BCUT2D eigenvalue weighted by Crippen LogP contribution is -2.26. The SMILES string of the molecule is O=C(O)OC(F)(F)CC(F)F. The summed E-state index contributed by atoms with van der Waals surface area (Å²) in [6, 6.07) is 0. The molecule has 0 rings (SSSR count). The Hall–Kier alpha value is -1.01. The third kappa shape index (κ3) is 5.43.